The predicted octanol–water partition coefficient (Wildman–Crippen LogP) is 3.37. The van der Waals surface area contributed by atoms with Gasteiger partial charge in [-0.15, -0.1) is 0 Å². The normalized spacial score (nSPS) is 15.0. The lowest BCUT2D eigenvalue weighted by Gasteiger charge is -2.17. The molecule has 114 valence electrons. The third-order valence-electron chi connectivity index (χ3n) is 4.17. The molecule has 0 bridgehead atoms. The van der Waals surface area contributed by atoms with Crippen molar-refractivity contribution in [3.63, 3.8) is 0 Å². The number of carbonyl (C=O) groups excluding carboxylic acids is 1. The summed E-state index contributed by atoms with van der Waals surface area (Å²) in [4.78, 5) is 12.7. The third-order valence-corrected chi connectivity index (χ3v) is 4.17. The molecule has 2 aromatic rings. The second-order valence-electron chi connectivity index (χ2n) is 5.47. The summed E-state index contributed by atoms with van der Waals surface area (Å²) in [7, 11) is 3.18. The lowest BCUT2D eigenvalue weighted by molar-refractivity contribution is -0.118. The Morgan fingerprint density at radius 2 is 1.77 bits per heavy atom. The molecule has 4 heteroatoms. The quantitative estimate of drug-likeness (QED) is 0.920. The van der Waals surface area contributed by atoms with Gasteiger partial charge in [-0.05, 0) is 30.5 Å². The number of carbonyl (C=O) groups is 1. The fraction of sp³-hybridized carbons (Fsp3) is 0.278. The Morgan fingerprint density at radius 3 is 2.36 bits per heavy atom. The molecule has 22 heavy (non-hydrogen) atoms. The Labute approximate surface area is 130 Å². The minimum absolute atomic E-state index is 0.0159. The van der Waals surface area contributed by atoms with Gasteiger partial charge < -0.3 is 14.8 Å². The minimum atomic E-state index is -0.397. The summed E-state index contributed by atoms with van der Waals surface area (Å²) in [5.74, 6) is 1.30. The molecule has 0 unspecified atom stereocenters. The van der Waals surface area contributed by atoms with Crippen molar-refractivity contribution >= 4 is 11.6 Å². The van der Waals surface area contributed by atoms with E-state index in [1.54, 1.807) is 32.4 Å². The molecule has 1 saturated carbocycles. The maximum atomic E-state index is 12.7. The van der Waals surface area contributed by atoms with Crippen molar-refractivity contribution in [3.05, 3.63) is 54.1 Å². The van der Waals surface area contributed by atoms with Crippen LogP contribution in [0.1, 0.15) is 18.4 Å². The van der Waals surface area contributed by atoms with Crippen LogP contribution in [-0.4, -0.2) is 20.1 Å². The van der Waals surface area contributed by atoms with Crippen LogP contribution in [0.5, 0.6) is 11.5 Å². The van der Waals surface area contributed by atoms with Crippen molar-refractivity contribution in [1.29, 1.82) is 0 Å². The van der Waals surface area contributed by atoms with Gasteiger partial charge in [0.25, 0.3) is 0 Å². The molecule has 2 aromatic carbocycles. The van der Waals surface area contributed by atoms with Gasteiger partial charge in [0.15, 0.2) is 0 Å². The van der Waals surface area contributed by atoms with Crippen LogP contribution in [0.15, 0.2) is 48.5 Å². The van der Waals surface area contributed by atoms with E-state index in [4.69, 9.17) is 9.47 Å². The second-order valence-corrected chi connectivity index (χ2v) is 5.47. The van der Waals surface area contributed by atoms with E-state index in [0.29, 0.717) is 17.2 Å². The average Bonchev–Trinajstić information content (AvgIpc) is 3.38. The first kappa shape index (κ1) is 14.4. The second kappa shape index (κ2) is 5.72. The number of methoxy groups -OCH3 is 2. The first-order valence-electron chi connectivity index (χ1n) is 7.28. The highest BCUT2D eigenvalue weighted by atomic mass is 16.5. The van der Waals surface area contributed by atoms with E-state index in [1.807, 2.05) is 30.3 Å². The number of anilines is 1. The number of nitrogens with one attached hydrogen (secondary N) is 1. The molecule has 4 nitrogen and oxygen atoms in total. The molecule has 0 spiro atoms. The molecule has 1 aliphatic rings. The number of ether oxygens (including phenoxy) is 2. The van der Waals surface area contributed by atoms with Crippen LogP contribution in [0.25, 0.3) is 0 Å². The highest BCUT2D eigenvalue weighted by Gasteiger charge is 2.51. The molecule has 0 atom stereocenters. The van der Waals surface area contributed by atoms with Gasteiger partial charge in [0.05, 0.1) is 25.3 Å². The first-order chi connectivity index (χ1) is 10.7. The lowest BCUT2D eigenvalue weighted by Crippen LogP contribution is -2.27. The molecule has 3 rings (SSSR count). The van der Waals surface area contributed by atoms with E-state index in [1.165, 1.54) is 0 Å². The maximum Gasteiger partial charge on any atom is 0.235 e. The lowest BCUT2D eigenvalue weighted by atomic mass is 9.95. The largest absolute Gasteiger partial charge is 0.497 e. The van der Waals surface area contributed by atoms with Crippen molar-refractivity contribution in [2.45, 2.75) is 18.3 Å². The Morgan fingerprint density at radius 1 is 1.05 bits per heavy atom. The molecule has 0 radical (unpaired) electrons. The zero-order valence-corrected chi connectivity index (χ0v) is 12.8. The fourth-order valence-electron chi connectivity index (χ4n) is 2.67. The number of rotatable bonds is 5. The smallest absolute Gasteiger partial charge is 0.235 e. The molecule has 0 aromatic heterocycles. The van der Waals surface area contributed by atoms with Crippen LogP contribution in [0, 0.1) is 0 Å². The maximum absolute atomic E-state index is 12.7. The molecule has 1 N–H and O–H groups in total. The van der Waals surface area contributed by atoms with Crippen LogP contribution in [0.2, 0.25) is 0 Å². The van der Waals surface area contributed by atoms with Gasteiger partial charge in [0, 0.05) is 6.07 Å². The summed E-state index contributed by atoms with van der Waals surface area (Å²) in [6, 6.07) is 15.3. The molecule has 1 amide bonds. The summed E-state index contributed by atoms with van der Waals surface area (Å²) in [6.07, 6.45) is 1.75. The Hall–Kier alpha value is -2.49. The zero-order chi connectivity index (χ0) is 15.6. The molecule has 1 fully saturated rings. The SMILES string of the molecule is COc1ccc(NC(=O)C2(c3ccccc3)CC2)c(OC)c1. The highest BCUT2D eigenvalue weighted by molar-refractivity contribution is 6.02. The monoisotopic (exact) mass is 297 g/mol. The van der Waals surface area contributed by atoms with Gasteiger partial charge in [0.1, 0.15) is 11.5 Å². The zero-order valence-electron chi connectivity index (χ0n) is 12.8. The number of benzene rings is 2. The van der Waals surface area contributed by atoms with Gasteiger partial charge >= 0.3 is 0 Å². The van der Waals surface area contributed by atoms with Crippen molar-refractivity contribution in [1.82, 2.24) is 0 Å². The van der Waals surface area contributed by atoms with Crippen molar-refractivity contribution in [2.24, 2.45) is 0 Å². The van der Waals surface area contributed by atoms with Gasteiger partial charge in [0.2, 0.25) is 5.91 Å². The number of hydrogen-bond acceptors (Lipinski definition) is 3. The third kappa shape index (κ3) is 2.52. The summed E-state index contributed by atoms with van der Waals surface area (Å²) in [5, 5.41) is 2.99. The number of hydrogen-bond donors (Lipinski definition) is 1. The van der Waals surface area contributed by atoms with E-state index in [9.17, 15) is 4.79 Å². The Bertz CT molecular complexity index is 678. The molecule has 0 saturated heterocycles. The minimum Gasteiger partial charge on any atom is -0.497 e. The topological polar surface area (TPSA) is 47.6 Å². The molecule has 1 aliphatic carbocycles. The Balaban J connectivity index is 1.83. The molecule has 0 heterocycles. The average molecular weight is 297 g/mol. The van der Waals surface area contributed by atoms with Gasteiger partial charge in [-0.3, -0.25) is 4.79 Å². The van der Waals surface area contributed by atoms with Gasteiger partial charge in [-0.2, -0.15) is 0 Å². The van der Waals surface area contributed by atoms with E-state index >= 15 is 0 Å². The first-order valence-corrected chi connectivity index (χ1v) is 7.28. The van der Waals surface area contributed by atoms with Crippen molar-refractivity contribution < 1.29 is 14.3 Å². The van der Waals surface area contributed by atoms with Crippen molar-refractivity contribution in [3.8, 4) is 11.5 Å². The van der Waals surface area contributed by atoms with Crippen LogP contribution in [0.4, 0.5) is 5.69 Å². The summed E-state index contributed by atoms with van der Waals surface area (Å²) in [5.41, 5.74) is 1.34. The fourth-order valence-corrected chi connectivity index (χ4v) is 2.67. The number of amides is 1. The summed E-state index contributed by atoms with van der Waals surface area (Å²) < 4.78 is 10.5. The van der Waals surface area contributed by atoms with Crippen LogP contribution in [0.3, 0.4) is 0 Å². The van der Waals surface area contributed by atoms with Crippen LogP contribution in [-0.2, 0) is 10.2 Å². The van der Waals surface area contributed by atoms with Crippen LogP contribution < -0.4 is 14.8 Å². The summed E-state index contributed by atoms with van der Waals surface area (Å²) in [6.45, 7) is 0. The van der Waals surface area contributed by atoms with Crippen LogP contribution >= 0.6 is 0 Å². The standard InChI is InChI=1S/C18H19NO3/c1-21-14-8-9-15(16(12-14)22-2)19-17(20)18(10-11-18)13-6-4-3-5-7-13/h3-9,12H,10-11H2,1-2H3,(H,19,20). The summed E-state index contributed by atoms with van der Waals surface area (Å²) >= 11 is 0. The van der Waals surface area contributed by atoms with E-state index < -0.39 is 5.41 Å². The predicted molar refractivity (Wildman–Crippen MR) is 85.5 cm³/mol. The molecule has 0 aliphatic heterocycles. The Kier molecular flexibility index (Phi) is 3.75. The van der Waals surface area contributed by atoms with Gasteiger partial charge in [-0.25, -0.2) is 0 Å². The van der Waals surface area contributed by atoms with E-state index in [0.717, 1.165) is 18.4 Å². The highest BCUT2D eigenvalue weighted by Crippen LogP contribution is 2.49. The molecular formula is C18H19NO3. The van der Waals surface area contributed by atoms with E-state index in [-0.39, 0.29) is 5.91 Å². The molecular weight excluding hydrogens is 278 g/mol. The van der Waals surface area contributed by atoms with Crippen molar-refractivity contribution in [2.75, 3.05) is 19.5 Å². The van der Waals surface area contributed by atoms with Gasteiger partial charge in [-0.1, -0.05) is 30.3 Å². The van der Waals surface area contributed by atoms with E-state index in [2.05, 4.69) is 5.32 Å².